The van der Waals surface area contributed by atoms with Gasteiger partial charge >= 0.3 is 0 Å². The molecule has 1 aliphatic rings. The van der Waals surface area contributed by atoms with E-state index < -0.39 is 0 Å². The Morgan fingerprint density at radius 1 is 1.35 bits per heavy atom. The third-order valence-corrected chi connectivity index (χ3v) is 3.65. The highest BCUT2D eigenvalue weighted by molar-refractivity contribution is 7.10. The molecule has 0 saturated carbocycles. The number of hydrogen-bond donors (Lipinski definition) is 1. The lowest BCUT2D eigenvalue weighted by Gasteiger charge is -1.96. The van der Waals surface area contributed by atoms with Crippen molar-refractivity contribution in [1.29, 1.82) is 0 Å². The summed E-state index contributed by atoms with van der Waals surface area (Å²) in [6.45, 7) is 1.95. The average Bonchev–Trinajstić information content (AvgIpc) is 2.85. The fourth-order valence-corrected chi connectivity index (χ4v) is 2.60. The molecule has 1 aromatic heterocycles. The molecule has 0 saturated heterocycles. The van der Waals surface area contributed by atoms with E-state index >= 15 is 0 Å². The number of carbonyl (C=O) groups excluding carboxylic acids is 1. The van der Waals surface area contributed by atoms with Crippen molar-refractivity contribution in [3.8, 4) is 0 Å². The van der Waals surface area contributed by atoms with Crippen LogP contribution < -0.4 is 5.32 Å². The first-order valence-corrected chi connectivity index (χ1v) is 6.16. The summed E-state index contributed by atoms with van der Waals surface area (Å²) in [6, 6.07) is 7.72. The molecule has 0 bridgehead atoms. The number of thiazole rings is 1. The van der Waals surface area contributed by atoms with Crippen molar-refractivity contribution in [1.82, 2.24) is 4.98 Å². The second-order valence-electron chi connectivity index (χ2n) is 3.86. The molecular formula is C13H10N2OS. The number of nitrogens with one attached hydrogen (secondary N) is 1. The van der Waals surface area contributed by atoms with Gasteiger partial charge in [-0.15, -0.1) is 11.3 Å². The molecule has 0 spiro atoms. The van der Waals surface area contributed by atoms with E-state index in [0.717, 1.165) is 21.8 Å². The highest BCUT2D eigenvalue weighted by Crippen LogP contribution is 2.33. The number of nitrogens with zero attached hydrogens (tertiary/aromatic N) is 1. The molecule has 2 heterocycles. The molecule has 0 unspecified atom stereocenters. The van der Waals surface area contributed by atoms with E-state index in [1.807, 2.05) is 37.3 Å². The van der Waals surface area contributed by atoms with E-state index in [4.69, 9.17) is 0 Å². The van der Waals surface area contributed by atoms with Crippen LogP contribution in [0.25, 0.3) is 11.6 Å². The summed E-state index contributed by atoms with van der Waals surface area (Å²) in [4.78, 5) is 17.1. The normalized spacial score (nSPS) is 16.1. The zero-order chi connectivity index (χ0) is 11.8. The Labute approximate surface area is 103 Å². The third kappa shape index (κ3) is 1.66. The molecule has 0 atom stereocenters. The zero-order valence-corrected chi connectivity index (χ0v) is 10.0. The molecule has 84 valence electrons. The van der Waals surface area contributed by atoms with Crippen molar-refractivity contribution in [3.05, 3.63) is 45.9 Å². The quantitative estimate of drug-likeness (QED) is 0.781. The summed E-state index contributed by atoms with van der Waals surface area (Å²) >= 11 is 1.55. The van der Waals surface area contributed by atoms with Gasteiger partial charge in [0, 0.05) is 11.3 Å². The first-order chi connectivity index (χ1) is 8.25. The zero-order valence-electron chi connectivity index (χ0n) is 9.23. The number of aryl methyl sites for hydroxylation is 1. The lowest BCUT2D eigenvalue weighted by Crippen LogP contribution is -2.03. The van der Waals surface area contributed by atoms with Gasteiger partial charge in [0.15, 0.2) is 0 Å². The van der Waals surface area contributed by atoms with Gasteiger partial charge in [0.05, 0.1) is 21.7 Å². The van der Waals surface area contributed by atoms with Crippen LogP contribution in [-0.2, 0) is 4.79 Å². The molecule has 4 heteroatoms. The van der Waals surface area contributed by atoms with Crippen LogP contribution in [0.4, 0.5) is 5.69 Å². The Kier molecular flexibility index (Phi) is 2.30. The van der Waals surface area contributed by atoms with Gasteiger partial charge in [-0.3, -0.25) is 4.79 Å². The lowest BCUT2D eigenvalue weighted by molar-refractivity contribution is -0.110. The minimum atomic E-state index is -0.0426. The average molecular weight is 242 g/mol. The fourth-order valence-electron chi connectivity index (χ4n) is 1.86. The number of para-hydroxylation sites is 1. The molecule has 0 aliphatic carbocycles. The van der Waals surface area contributed by atoms with Crippen molar-refractivity contribution < 1.29 is 4.79 Å². The van der Waals surface area contributed by atoms with E-state index in [1.54, 1.807) is 16.8 Å². The number of benzene rings is 1. The van der Waals surface area contributed by atoms with E-state index in [1.165, 1.54) is 0 Å². The van der Waals surface area contributed by atoms with Crippen LogP contribution in [0.5, 0.6) is 0 Å². The minimum absolute atomic E-state index is 0.0426. The second kappa shape index (κ2) is 3.82. The van der Waals surface area contributed by atoms with Crippen molar-refractivity contribution in [2.45, 2.75) is 6.92 Å². The van der Waals surface area contributed by atoms with Crippen molar-refractivity contribution in [3.63, 3.8) is 0 Å². The Morgan fingerprint density at radius 2 is 2.18 bits per heavy atom. The number of amides is 1. The third-order valence-electron chi connectivity index (χ3n) is 2.77. The maximum Gasteiger partial charge on any atom is 0.256 e. The van der Waals surface area contributed by atoms with Gasteiger partial charge in [-0.1, -0.05) is 18.2 Å². The summed E-state index contributed by atoms with van der Waals surface area (Å²) < 4.78 is 0. The van der Waals surface area contributed by atoms with Gasteiger partial charge in [-0.2, -0.15) is 0 Å². The van der Waals surface area contributed by atoms with Crippen LogP contribution in [-0.4, -0.2) is 10.9 Å². The molecule has 17 heavy (non-hydrogen) atoms. The van der Waals surface area contributed by atoms with Gasteiger partial charge in [0.2, 0.25) is 0 Å². The fraction of sp³-hybridized carbons (Fsp3) is 0.0769. The predicted molar refractivity (Wildman–Crippen MR) is 69.8 cm³/mol. The Bertz CT molecular complexity index is 628. The highest BCUT2D eigenvalue weighted by atomic mass is 32.1. The van der Waals surface area contributed by atoms with Gasteiger partial charge in [-0.05, 0) is 19.1 Å². The van der Waals surface area contributed by atoms with Crippen LogP contribution in [0.1, 0.15) is 16.1 Å². The molecule has 1 N–H and O–H groups in total. The number of carbonyl (C=O) groups is 1. The largest absolute Gasteiger partial charge is 0.321 e. The summed E-state index contributed by atoms with van der Waals surface area (Å²) in [6.07, 6.45) is 1.91. The number of rotatable bonds is 1. The first kappa shape index (κ1) is 10.2. The van der Waals surface area contributed by atoms with E-state index in [-0.39, 0.29) is 5.91 Å². The Morgan fingerprint density at radius 3 is 2.94 bits per heavy atom. The standard InChI is InChI=1S/C13H10N2OS/c1-8-12(17-7-14-8)6-10-9-4-2-3-5-11(9)15-13(10)16/h2-7H,1H3,(H,15,16)/b10-6+. The second-order valence-corrected chi connectivity index (χ2v) is 4.75. The smallest absolute Gasteiger partial charge is 0.256 e. The number of fused-ring (bicyclic) bond motifs is 1. The van der Waals surface area contributed by atoms with E-state index in [0.29, 0.717) is 5.57 Å². The van der Waals surface area contributed by atoms with Crippen LogP contribution in [0.3, 0.4) is 0 Å². The minimum Gasteiger partial charge on any atom is -0.321 e. The van der Waals surface area contributed by atoms with Crippen LogP contribution in [0.2, 0.25) is 0 Å². The van der Waals surface area contributed by atoms with Gasteiger partial charge in [0.1, 0.15) is 0 Å². The molecule has 1 aromatic carbocycles. The molecular weight excluding hydrogens is 232 g/mol. The maximum atomic E-state index is 11.9. The maximum absolute atomic E-state index is 11.9. The van der Waals surface area contributed by atoms with Crippen LogP contribution in [0, 0.1) is 6.92 Å². The number of aromatic nitrogens is 1. The molecule has 3 rings (SSSR count). The molecule has 0 fully saturated rings. The van der Waals surface area contributed by atoms with Crippen LogP contribution >= 0.6 is 11.3 Å². The van der Waals surface area contributed by atoms with E-state index in [9.17, 15) is 4.79 Å². The molecule has 3 nitrogen and oxygen atoms in total. The van der Waals surface area contributed by atoms with Crippen molar-refractivity contribution in [2.24, 2.45) is 0 Å². The van der Waals surface area contributed by atoms with Gasteiger partial charge in [0.25, 0.3) is 5.91 Å². The Balaban J connectivity index is 2.13. The lowest BCUT2D eigenvalue weighted by atomic mass is 10.1. The van der Waals surface area contributed by atoms with Crippen molar-refractivity contribution in [2.75, 3.05) is 5.32 Å². The van der Waals surface area contributed by atoms with Gasteiger partial charge in [-0.25, -0.2) is 4.98 Å². The molecule has 2 aromatic rings. The monoisotopic (exact) mass is 242 g/mol. The van der Waals surface area contributed by atoms with Crippen LogP contribution in [0.15, 0.2) is 29.8 Å². The van der Waals surface area contributed by atoms with Crippen molar-refractivity contribution >= 4 is 34.6 Å². The topological polar surface area (TPSA) is 42.0 Å². The Hall–Kier alpha value is -1.94. The number of anilines is 1. The van der Waals surface area contributed by atoms with E-state index in [2.05, 4.69) is 10.3 Å². The summed E-state index contributed by atoms with van der Waals surface area (Å²) in [5, 5.41) is 2.86. The molecule has 1 aliphatic heterocycles. The highest BCUT2D eigenvalue weighted by Gasteiger charge is 2.23. The SMILES string of the molecule is Cc1ncsc1/C=C1/C(=O)Nc2ccccc21. The summed E-state index contributed by atoms with van der Waals surface area (Å²) in [5.74, 6) is -0.0426. The molecule has 0 radical (unpaired) electrons. The van der Waals surface area contributed by atoms with Gasteiger partial charge < -0.3 is 5.32 Å². The summed E-state index contributed by atoms with van der Waals surface area (Å²) in [7, 11) is 0. The first-order valence-electron chi connectivity index (χ1n) is 5.28. The summed E-state index contributed by atoms with van der Waals surface area (Å²) in [5.41, 5.74) is 5.31. The number of hydrogen-bond acceptors (Lipinski definition) is 3. The predicted octanol–water partition coefficient (Wildman–Crippen LogP) is 2.94. The molecule has 1 amide bonds.